The van der Waals surface area contributed by atoms with Gasteiger partial charge in [0.25, 0.3) is 0 Å². The van der Waals surface area contributed by atoms with Crippen molar-refractivity contribution in [2.24, 2.45) is 7.05 Å². The van der Waals surface area contributed by atoms with Crippen molar-refractivity contribution in [3.05, 3.63) is 36.8 Å². The van der Waals surface area contributed by atoms with Gasteiger partial charge in [-0.15, -0.1) is 0 Å². The van der Waals surface area contributed by atoms with Crippen molar-refractivity contribution >= 4 is 27.9 Å². The molecule has 0 aliphatic carbocycles. The molecule has 3 aromatic heterocycles. The molecule has 0 unspecified atom stereocenters. The lowest BCUT2D eigenvalue weighted by Crippen LogP contribution is -2.10. The van der Waals surface area contributed by atoms with E-state index in [9.17, 15) is 0 Å². The molecule has 1 aromatic carbocycles. The quantitative estimate of drug-likeness (QED) is 0.488. The first kappa shape index (κ1) is 17.5. The Balaban J connectivity index is 1.67. The van der Waals surface area contributed by atoms with Crippen LogP contribution in [0.15, 0.2) is 36.8 Å². The average molecular weight is 364 g/mol. The topological polar surface area (TPSA) is 80.7 Å². The number of hydrogen-bond donors (Lipinski definition) is 2. The lowest BCUT2D eigenvalue weighted by atomic mass is 10.2. The number of hydrogen-bond acceptors (Lipinski definition) is 5. The van der Waals surface area contributed by atoms with Gasteiger partial charge in [0.2, 0.25) is 0 Å². The van der Waals surface area contributed by atoms with Gasteiger partial charge >= 0.3 is 0 Å². The Kier molecular flexibility index (Phi) is 4.77. The molecule has 27 heavy (non-hydrogen) atoms. The van der Waals surface area contributed by atoms with E-state index in [0.717, 1.165) is 58.8 Å². The molecule has 0 aliphatic rings. The Labute approximate surface area is 157 Å². The average Bonchev–Trinajstić information content (AvgIpc) is 3.23. The highest BCUT2D eigenvalue weighted by Crippen LogP contribution is 2.32. The number of nitrogens with one attached hydrogen (secondary N) is 2. The third-order valence-corrected chi connectivity index (χ3v) is 4.46. The van der Waals surface area contributed by atoms with E-state index < -0.39 is 0 Å². The molecule has 0 radical (unpaired) electrons. The summed E-state index contributed by atoms with van der Waals surface area (Å²) < 4.78 is 7.61. The summed E-state index contributed by atoms with van der Waals surface area (Å²) in [6, 6.07) is 8.03. The number of H-pyrrole nitrogens is 1. The molecule has 4 rings (SSSR count). The smallest absolute Gasteiger partial charge is 0.145 e. The van der Waals surface area contributed by atoms with Gasteiger partial charge in [0.1, 0.15) is 23.6 Å². The first-order valence-electron chi connectivity index (χ1n) is 9.24. The predicted molar refractivity (Wildman–Crippen MR) is 108 cm³/mol. The largest absolute Gasteiger partial charge is 0.379 e. The standard InChI is InChI=1S/C20H24N6O/c1-13(2)27-10-6-9-21-19-17-14(11-26(3)20(17)23-12-22-19)18-24-15-7-4-5-8-16(15)25-18/h4-5,7-8,11-13H,6,9-10H2,1-3H3,(H,24,25)(H,21,22,23). The fourth-order valence-electron chi connectivity index (χ4n) is 3.20. The summed E-state index contributed by atoms with van der Waals surface area (Å²) in [5.41, 5.74) is 3.83. The summed E-state index contributed by atoms with van der Waals surface area (Å²) in [4.78, 5) is 17.1. The highest BCUT2D eigenvalue weighted by Gasteiger charge is 2.17. The number of nitrogens with zero attached hydrogens (tertiary/aromatic N) is 4. The van der Waals surface area contributed by atoms with Crippen LogP contribution >= 0.6 is 0 Å². The number of para-hydroxylation sites is 2. The second-order valence-electron chi connectivity index (χ2n) is 6.88. The third-order valence-electron chi connectivity index (χ3n) is 4.46. The number of ether oxygens (including phenoxy) is 1. The van der Waals surface area contributed by atoms with Gasteiger partial charge in [-0.3, -0.25) is 0 Å². The van der Waals surface area contributed by atoms with E-state index in [0.29, 0.717) is 0 Å². The highest BCUT2D eigenvalue weighted by atomic mass is 16.5. The van der Waals surface area contributed by atoms with Crippen molar-refractivity contribution in [2.75, 3.05) is 18.5 Å². The number of benzene rings is 1. The summed E-state index contributed by atoms with van der Waals surface area (Å²) in [5, 5.41) is 4.41. The highest BCUT2D eigenvalue weighted by molar-refractivity contribution is 6.01. The first-order chi connectivity index (χ1) is 13.1. The number of aromatic nitrogens is 5. The summed E-state index contributed by atoms with van der Waals surface area (Å²) >= 11 is 0. The van der Waals surface area contributed by atoms with Crippen LogP contribution in [0.1, 0.15) is 20.3 Å². The minimum atomic E-state index is 0.254. The second kappa shape index (κ2) is 7.36. The third kappa shape index (κ3) is 3.50. The van der Waals surface area contributed by atoms with Crippen LogP contribution in [0.5, 0.6) is 0 Å². The maximum absolute atomic E-state index is 5.61. The molecule has 0 amide bonds. The van der Waals surface area contributed by atoms with Crippen LogP contribution in [0.3, 0.4) is 0 Å². The zero-order chi connectivity index (χ0) is 18.8. The first-order valence-corrected chi connectivity index (χ1v) is 9.24. The number of fused-ring (bicyclic) bond motifs is 2. The molecular formula is C20H24N6O. The molecule has 0 bridgehead atoms. The number of anilines is 1. The van der Waals surface area contributed by atoms with Gasteiger partial charge < -0.3 is 19.6 Å². The zero-order valence-electron chi connectivity index (χ0n) is 15.9. The Morgan fingerprint density at radius 1 is 1.22 bits per heavy atom. The molecule has 0 fully saturated rings. The van der Waals surface area contributed by atoms with E-state index in [2.05, 4.69) is 20.3 Å². The molecule has 4 aromatic rings. The molecule has 0 saturated heterocycles. The maximum atomic E-state index is 5.61. The summed E-state index contributed by atoms with van der Waals surface area (Å²) in [6.45, 7) is 5.60. The van der Waals surface area contributed by atoms with Crippen LogP contribution < -0.4 is 5.32 Å². The van der Waals surface area contributed by atoms with Gasteiger partial charge in [-0.25, -0.2) is 15.0 Å². The SMILES string of the molecule is CC(C)OCCCNc1ncnc2c1c(-c1nc3ccccc3[nH]1)cn2C. The normalized spacial score (nSPS) is 11.7. The molecule has 7 nitrogen and oxygen atoms in total. The Hall–Kier alpha value is -2.93. The molecule has 0 aliphatic heterocycles. The van der Waals surface area contributed by atoms with E-state index in [4.69, 9.17) is 9.72 Å². The van der Waals surface area contributed by atoms with Gasteiger partial charge in [-0.1, -0.05) is 12.1 Å². The van der Waals surface area contributed by atoms with E-state index in [1.165, 1.54) is 0 Å². The molecule has 0 atom stereocenters. The number of aromatic amines is 1. The van der Waals surface area contributed by atoms with Crippen molar-refractivity contribution in [1.29, 1.82) is 0 Å². The Morgan fingerprint density at radius 2 is 2.07 bits per heavy atom. The zero-order valence-corrected chi connectivity index (χ0v) is 15.9. The van der Waals surface area contributed by atoms with E-state index in [1.807, 2.05) is 55.9 Å². The molecular weight excluding hydrogens is 340 g/mol. The fourth-order valence-corrected chi connectivity index (χ4v) is 3.20. The lowest BCUT2D eigenvalue weighted by Gasteiger charge is -2.09. The van der Waals surface area contributed by atoms with E-state index >= 15 is 0 Å². The monoisotopic (exact) mass is 364 g/mol. The minimum Gasteiger partial charge on any atom is -0.379 e. The van der Waals surface area contributed by atoms with Crippen LogP contribution in [0.25, 0.3) is 33.5 Å². The number of imidazole rings is 1. The van der Waals surface area contributed by atoms with Crippen LogP contribution in [-0.2, 0) is 11.8 Å². The van der Waals surface area contributed by atoms with Gasteiger partial charge in [0.15, 0.2) is 0 Å². The number of rotatable bonds is 7. The van der Waals surface area contributed by atoms with Crippen molar-refractivity contribution in [3.8, 4) is 11.4 Å². The summed E-state index contributed by atoms with van der Waals surface area (Å²) in [7, 11) is 1.99. The summed E-state index contributed by atoms with van der Waals surface area (Å²) in [6.07, 6.45) is 4.81. The molecule has 3 heterocycles. The van der Waals surface area contributed by atoms with Gasteiger partial charge in [0.05, 0.1) is 22.5 Å². The molecule has 140 valence electrons. The molecule has 0 saturated carbocycles. The van der Waals surface area contributed by atoms with Crippen LogP contribution in [0, 0.1) is 0 Å². The number of aryl methyl sites for hydroxylation is 1. The van der Waals surface area contributed by atoms with E-state index in [1.54, 1.807) is 6.33 Å². The Bertz CT molecular complexity index is 1030. The van der Waals surface area contributed by atoms with Crippen LogP contribution in [-0.4, -0.2) is 43.8 Å². The van der Waals surface area contributed by atoms with Crippen molar-refractivity contribution in [3.63, 3.8) is 0 Å². The maximum Gasteiger partial charge on any atom is 0.145 e. The summed E-state index contributed by atoms with van der Waals surface area (Å²) in [5.74, 6) is 1.64. The van der Waals surface area contributed by atoms with Crippen molar-refractivity contribution in [1.82, 2.24) is 24.5 Å². The van der Waals surface area contributed by atoms with Gasteiger partial charge in [-0.05, 0) is 32.4 Å². The lowest BCUT2D eigenvalue weighted by molar-refractivity contribution is 0.0787. The van der Waals surface area contributed by atoms with Crippen molar-refractivity contribution < 1.29 is 4.74 Å². The van der Waals surface area contributed by atoms with Gasteiger partial charge in [-0.2, -0.15) is 0 Å². The fraction of sp³-hybridized carbons (Fsp3) is 0.350. The van der Waals surface area contributed by atoms with Crippen molar-refractivity contribution in [2.45, 2.75) is 26.4 Å². The molecule has 0 spiro atoms. The van der Waals surface area contributed by atoms with E-state index in [-0.39, 0.29) is 6.10 Å². The van der Waals surface area contributed by atoms with Crippen LogP contribution in [0.4, 0.5) is 5.82 Å². The molecule has 2 N–H and O–H groups in total. The Morgan fingerprint density at radius 3 is 2.89 bits per heavy atom. The molecule has 7 heteroatoms. The second-order valence-corrected chi connectivity index (χ2v) is 6.88. The van der Waals surface area contributed by atoms with Gasteiger partial charge in [0, 0.05) is 32.0 Å². The predicted octanol–water partition coefficient (Wildman–Crippen LogP) is 3.74. The van der Waals surface area contributed by atoms with Crippen LogP contribution in [0.2, 0.25) is 0 Å². The minimum absolute atomic E-state index is 0.254.